The second-order valence-corrected chi connectivity index (χ2v) is 5.24. The number of ether oxygens (including phenoxy) is 1. The van der Waals surface area contributed by atoms with Crippen molar-refractivity contribution < 1.29 is 13.9 Å². The molecule has 21 heavy (non-hydrogen) atoms. The minimum atomic E-state index is -0.388. The summed E-state index contributed by atoms with van der Waals surface area (Å²) in [6.45, 7) is 4.20. The van der Waals surface area contributed by atoms with Crippen LogP contribution in [0, 0.1) is 5.82 Å². The van der Waals surface area contributed by atoms with Crippen molar-refractivity contribution in [2.75, 3.05) is 31.6 Å². The van der Waals surface area contributed by atoms with Crippen LogP contribution < -0.4 is 15.8 Å². The van der Waals surface area contributed by atoms with Gasteiger partial charge in [-0.3, -0.25) is 9.69 Å². The first-order valence-electron chi connectivity index (χ1n) is 7.28. The van der Waals surface area contributed by atoms with Gasteiger partial charge in [0, 0.05) is 25.2 Å². The van der Waals surface area contributed by atoms with Crippen LogP contribution in [0.25, 0.3) is 0 Å². The van der Waals surface area contributed by atoms with Gasteiger partial charge in [0.2, 0.25) is 5.91 Å². The molecule has 1 heterocycles. The van der Waals surface area contributed by atoms with Gasteiger partial charge in [-0.2, -0.15) is 0 Å². The largest absolute Gasteiger partial charge is 0.492 e. The van der Waals surface area contributed by atoms with Gasteiger partial charge in [-0.05, 0) is 31.9 Å². The summed E-state index contributed by atoms with van der Waals surface area (Å²) < 4.78 is 18.5. The Hall–Kier alpha value is -1.66. The van der Waals surface area contributed by atoms with Crippen LogP contribution in [0.15, 0.2) is 18.2 Å². The lowest BCUT2D eigenvalue weighted by Crippen LogP contribution is -2.43. The topological polar surface area (TPSA) is 67.6 Å². The van der Waals surface area contributed by atoms with Crippen molar-refractivity contribution in [1.82, 2.24) is 4.90 Å². The van der Waals surface area contributed by atoms with Crippen LogP contribution in [0.4, 0.5) is 10.1 Å². The molecule has 1 aromatic rings. The van der Waals surface area contributed by atoms with Crippen LogP contribution in [0.3, 0.4) is 0 Å². The SMILES string of the molecule is CCOc1cc(F)ccc1NC(=O)CN1CCC(N)CC1. The number of amides is 1. The van der Waals surface area contributed by atoms with Gasteiger partial charge >= 0.3 is 0 Å². The molecule has 0 saturated carbocycles. The molecular formula is C15H22FN3O2. The molecule has 0 unspecified atom stereocenters. The molecule has 3 N–H and O–H groups in total. The molecule has 1 saturated heterocycles. The average Bonchev–Trinajstić information content (AvgIpc) is 2.45. The molecule has 6 heteroatoms. The third-order valence-corrected chi connectivity index (χ3v) is 3.52. The summed E-state index contributed by atoms with van der Waals surface area (Å²) in [5.74, 6) is -0.161. The van der Waals surface area contributed by atoms with E-state index in [4.69, 9.17) is 10.5 Å². The van der Waals surface area contributed by atoms with Gasteiger partial charge in [-0.15, -0.1) is 0 Å². The van der Waals surface area contributed by atoms with E-state index in [1.165, 1.54) is 18.2 Å². The zero-order chi connectivity index (χ0) is 15.2. The Labute approximate surface area is 124 Å². The van der Waals surface area contributed by atoms with Gasteiger partial charge in [0.15, 0.2) is 0 Å². The minimum Gasteiger partial charge on any atom is -0.492 e. The average molecular weight is 295 g/mol. The number of carbonyl (C=O) groups is 1. The molecule has 5 nitrogen and oxygen atoms in total. The molecule has 1 fully saturated rings. The van der Waals surface area contributed by atoms with E-state index >= 15 is 0 Å². The smallest absolute Gasteiger partial charge is 0.238 e. The maximum Gasteiger partial charge on any atom is 0.238 e. The summed E-state index contributed by atoms with van der Waals surface area (Å²) in [6.07, 6.45) is 1.82. The molecule has 0 atom stereocenters. The van der Waals surface area contributed by atoms with Crippen molar-refractivity contribution in [2.24, 2.45) is 5.73 Å². The summed E-state index contributed by atoms with van der Waals surface area (Å²) in [6, 6.07) is 4.34. The molecular weight excluding hydrogens is 273 g/mol. The lowest BCUT2D eigenvalue weighted by atomic mass is 10.1. The van der Waals surface area contributed by atoms with Gasteiger partial charge in [0.1, 0.15) is 11.6 Å². The highest BCUT2D eigenvalue weighted by atomic mass is 19.1. The molecule has 0 aliphatic carbocycles. The predicted molar refractivity (Wildman–Crippen MR) is 79.8 cm³/mol. The summed E-state index contributed by atoms with van der Waals surface area (Å²) in [4.78, 5) is 14.1. The number of piperidine rings is 1. The highest BCUT2D eigenvalue weighted by Crippen LogP contribution is 2.25. The third kappa shape index (κ3) is 4.68. The minimum absolute atomic E-state index is 0.127. The normalized spacial score (nSPS) is 16.7. The monoisotopic (exact) mass is 295 g/mol. The number of rotatable bonds is 5. The number of carbonyl (C=O) groups excluding carboxylic acids is 1. The Bertz CT molecular complexity index is 488. The molecule has 1 aliphatic rings. The van der Waals surface area contributed by atoms with Crippen LogP contribution in [0.5, 0.6) is 5.75 Å². The van der Waals surface area contributed by atoms with Crippen LogP contribution in [-0.4, -0.2) is 43.1 Å². The second kappa shape index (κ2) is 7.38. The maximum absolute atomic E-state index is 13.2. The van der Waals surface area contributed by atoms with E-state index in [1.54, 1.807) is 0 Å². The molecule has 116 valence electrons. The summed E-state index contributed by atoms with van der Waals surface area (Å²) in [5.41, 5.74) is 6.34. The summed E-state index contributed by atoms with van der Waals surface area (Å²) >= 11 is 0. The molecule has 1 aromatic carbocycles. The lowest BCUT2D eigenvalue weighted by molar-refractivity contribution is -0.117. The third-order valence-electron chi connectivity index (χ3n) is 3.52. The number of benzene rings is 1. The molecule has 0 radical (unpaired) electrons. The Morgan fingerprint density at radius 1 is 1.48 bits per heavy atom. The van der Waals surface area contributed by atoms with E-state index in [9.17, 15) is 9.18 Å². The first kappa shape index (κ1) is 15.7. The fraction of sp³-hybridized carbons (Fsp3) is 0.533. The fourth-order valence-electron chi connectivity index (χ4n) is 2.38. The van der Waals surface area contributed by atoms with Gasteiger partial charge in [0.25, 0.3) is 0 Å². The van der Waals surface area contributed by atoms with E-state index in [0.29, 0.717) is 24.6 Å². The van der Waals surface area contributed by atoms with Gasteiger partial charge < -0.3 is 15.8 Å². The van der Waals surface area contributed by atoms with Crippen molar-refractivity contribution in [2.45, 2.75) is 25.8 Å². The van der Waals surface area contributed by atoms with E-state index in [2.05, 4.69) is 10.2 Å². The molecule has 1 amide bonds. The van der Waals surface area contributed by atoms with E-state index in [-0.39, 0.29) is 17.8 Å². The molecule has 0 bridgehead atoms. The van der Waals surface area contributed by atoms with Crippen LogP contribution in [-0.2, 0) is 4.79 Å². The van der Waals surface area contributed by atoms with E-state index < -0.39 is 0 Å². The van der Waals surface area contributed by atoms with Crippen LogP contribution in [0.2, 0.25) is 0 Å². The Morgan fingerprint density at radius 3 is 2.86 bits per heavy atom. The standard InChI is InChI=1S/C15H22FN3O2/c1-2-21-14-9-11(16)3-4-13(14)18-15(20)10-19-7-5-12(17)6-8-19/h3-4,9,12H,2,5-8,10,17H2,1H3,(H,18,20). The Balaban J connectivity index is 1.93. The number of hydrogen-bond acceptors (Lipinski definition) is 4. The summed E-state index contributed by atoms with van der Waals surface area (Å²) in [7, 11) is 0. The van der Waals surface area contributed by atoms with Crippen LogP contribution >= 0.6 is 0 Å². The van der Waals surface area contributed by atoms with Gasteiger partial charge in [-0.1, -0.05) is 0 Å². The van der Waals surface area contributed by atoms with E-state index in [0.717, 1.165) is 25.9 Å². The Morgan fingerprint density at radius 2 is 2.19 bits per heavy atom. The quantitative estimate of drug-likeness (QED) is 0.865. The predicted octanol–water partition coefficient (Wildman–Crippen LogP) is 1.59. The molecule has 0 aromatic heterocycles. The Kier molecular flexibility index (Phi) is 5.52. The van der Waals surface area contributed by atoms with Crippen LogP contribution in [0.1, 0.15) is 19.8 Å². The first-order chi connectivity index (χ1) is 10.1. The molecule has 0 spiro atoms. The number of halogens is 1. The number of nitrogens with zero attached hydrogens (tertiary/aromatic N) is 1. The zero-order valence-corrected chi connectivity index (χ0v) is 12.3. The number of nitrogens with one attached hydrogen (secondary N) is 1. The number of hydrogen-bond donors (Lipinski definition) is 2. The molecule has 2 rings (SSSR count). The van der Waals surface area contributed by atoms with Gasteiger partial charge in [0.05, 0.1) is 18.8 Å². The zero-order valence-electron chi connectivity index (χ0n) is 12.3. The van der Waals surface area contributed by atoms with E-state index in [1.807, 2.05) is 6.92 Å². The second-order valence-electron chi connectivity index (χ2n) is 5.24. The number of nitrogens with two attached hydrogens (primary N) is 1. The van der Waals surface area contributed by atoms with Crippen molar-refractivity contribution in [1.29, 1.82) is 0 Å². The fourth-order valence-corrected chi connectivity index (χ4v) is 2.38. The van der Waals surface area contributed by atoms with Crippen molar-refractivity contribution >= 4 is 11.6 Å². The number of anilines is 1. The summed E-state index contributed by atoms with van der Waals surface area (Å²) in [5, 5.41) is 2.78. The number of likely N-dealkylation sites (tertiary alicyclic amines) is 1. The highest BCUT2D eigenvalue weighted by Gasteiger charge is 2.18. The van der Waals surface area contributed by atoms with Crippen molar-refractivity contribution in [3.05, 3.63) is 24.0 Å². The highest BCUT2D eigenvalue weighted by molar-refractivity contribution is 5.93. The first-order valence-corrected chi connectivity index (χ1v) is 7.28. The lowest BCUT2D eigenvalue weighted by Gasteiger charge is -2.29. The molecule has 1 aliphatic heterocycles. The van der Waals surface area contributed by atoms with Crippen molar-refractivity contribution in [3.63, 3.8) is 0 Å². The van der Waals surface area contributed by atoms with Gasteiger partial charge in [-0.25, -0.2) is 4.39 Å². The maximum atomic E-state index is 13.2. The van der Waals surface area contributed by atoms with Crippen molar-refractivity contribution in [3.8, 4) is 5.75 Å².